The number of likely N-dealkylation sites (tertiary alicyclic amines) is 10. The minimum absolute atomic E-state index is 0. The third kappa shape index (κ3) is 56.3. The molecule has 12 aliphatic heterocycles. The number of piperazine rings is 2. The van der Waals surface area contributed by atoms with Crippen LogP contribution < -0.4 is 21.3 Å². The highest BCUT2D eigenvalue weighted by Crippen LogP contribution is 2.46. The van der Waals surface area contributed by atoms with Crippen LogP contribution in [-0.4, -0.2) is 385 Å². The summed E-state index contributed by atoms with van der Waals surface area (Å²) in [7, 11) is 0. The third-order valence-corrected chi connectivity index (χ3v) is 35.5. The van der Waals surface area contributed by atoms with Crippen LogP contribution in [-0.2, 0) is 0 Å². The molecular formula is C126H270N18. The summed E-state index contributed by atoms with van der Waals surface area (Å²) in [6.45, 7) is 147. The van der Waals surface area contributed by atoms with Crippen molar-refractivity contribution < 1.29 is 0 Å². The summed E-state index contributed by atoms with van der Waals surface area (Å²) in [6, 6.07) is 15.4. The van der Waals surface area contributed by atoms with Gasteiger partial charge in [0.25, 0.3) is 0 Å². The van der Waals surface area contributed by atoms with Crippen molar-refractivity contribution in [2.75, 3.05) is 190 Å². The Bertz CT molecular complexity index is 2650. The standard InChI is InChI=1S/C12H24N2.C12H23N.C11H22N2.C11H24N2.3C11H23N.C10H22N2.C10H21N.C9H22N2.C9H19N.C8H20N2.CH4/c1-9(2)13-5-11-7-14(10(3)4)8-12(11)6-13;2*1-8(2)12-6-11-5-10(12)7-13(11)9(3)4;1-10(2)12-6-5-7-13(9-8-12)11(3)4;2*1-9(2)11-5-7-12(8-6-11)10(3)4;1-9(2)11-6-5-7-12(8-11)10(3)4;1-9(2)11-5-7-12(8-6-11)10(3)4;1-8(2)10-5-6-11(7-10)9(3)4;1-8(2)10-6-5-7-11-9(3)4;1-7(2)9-5-10(6-9)8(3)4;1-7(2)9-5-6-10-8(3)4;/h9-12H,5-8H2,1-4H3;8-12H,5-7H2,1-4H3;8-11H,5-7H2,1-4H3;10-11H,5-9H2,1-4H3;3*9-11H,5-8H2,1-4H3;9-10H,5-8H2,1-4H3;8-10H,5-7H2,1-4H3;8-11H,5-7H2,1-4H3;7-9H,5-6H2,1-4H3;7-10H,5-6H2,1-4H3;1H4. The molecule has 1 saturated carbocycles. The largest absolute Gasteiger partial charge is 0.314 e. The fourth-order valence-electron chi connectivity index (χ4n) is 24.2. The van der Waals surface area contributed by atoms with Gasteiger partial charge >= 0.3 is 0 Å². The highest BCUT2D eigenvalue weighted by molar-refractivity contribution is 5.03. The van der Waals surface area contributed by atoms with Crippen LogP contribution >= 0.6 is 0 Å². The number of hydrogen-bond donors (Lipinski definition) is 4. The zero-order chi connectivity index (χ0) is 109. The summed E-state index contributed by atoms with van der Waals surface area (Å²) in [5, 5.41) is 13.4. The predicted octanol–water partition coefficient (Wildman–Crippen LogP) is 24.9. The first-order valence-electron chi connectivity index (χ1n) is 62.1. The molecule has 4 N–H and O–H groups in total. The van der Waals surface area contributed by atoms with Gasteiger partial charge in [0.2, 0.25) is 0 Å². The zero-order valence-electron chi connectivity index (χ0n) is 106. The van der Waals surface area contributed by atoms with Crippen LogP contribution in [0, 0.1) is 88.8 Å². The number of nitrogens with one attached hydrogen (secondary N) is 4. The van der Waals surface area contributed by atoms with Gasteiger partial charge in [-0.2, -0.15) is 0 Å². The van der Waals surface area contributed by atoms with Crippen molar-refractivity contribution in [3.8, 4) is 0 Å². The molecule has 0 aromatic heterocycles. The van der Waals surface area contributed by atoms with Gasteiger partial charge in [-0.3, -0.25) is 34.3 Å². The molecule has 864 valence electrons. The highest BCUT2D eigenvalue weighted by Gasteiger charge is 2.47. The van der Waals surface area contributed by atoms with Crippen LogP contribution in [0.3, 0.4) is 0 Å². The van der Waals surface area contributed by atoms with E-state index in [1.54, 1.807) is 0 Å². The number of rotatable bonds is 31. The van der Waals surface area contributed by atoms with E-state index in [2.05, 4.69) is 422 Å². The topological polar surface area (TPSA) is 93.5 Å². The minimum atomic E-state index is 0. The summed E-state index contributed by atoms with van der Waals surface area (Å²) >= 11 is 0. The smallest absolute Gasteiger partial charge is 0.0242 e. The molecule has 12 heterocycles. The number of nitrogens with zero attached hydrogens (tertiary/aromatic N) is 14. The van der Waals surface area contributed by atoms with E-state index in [0.29, 0.717) is 36.3 Å². The molecule has 12 saturated heterocycles. The zero-order valence-corrected chi connectivity index (χ0v) is 106. The fourth-order valence-corrected chi connectivity index (χ4v) is 24.2. The molecule has 13 fully saturated rings. The third-order valence-electron chi connectivity index (χ3n) is 35.5. The molecule has 7 unspecified atom stereocenters. The van der Waals surface area contributed by atoms with Crippen LogP contribution in [0.5, 0.6) is 0 Å². The van der Waals surface area contributed by atoms with E-state index in [-0.39, 0.29) is 7.43 Å². The van der Waals surface area contributed by atoms with E-state index in [1.807, 2.05) is 0 Å². The molecule has 18 nitrogen and oxygen atoms in total. The molecule has 18 heteroatoms. The summed E-state index contributed by atoms with van der Waals surface area (Å²) < 4.78 is 0. The molecular weight excluding hydrogens is 1770 g/mol. The van der Waals surface area contributed by atoms with Gasteiger partial charge in [0.05, 0.1) is 0 Å². The van der Waals surface area contributed by atoms with Gasteiger partial charge in [-0.05, 0) is 425 Å². The number of hydrogen-bond acceptors (Lipinski definition) is 18. The Labute approximate surface area is 906 Å². The first-order chi connectivity index (χ1) is 66.8. The van der Waals surface area contributed by atoms with E-state index in [0.717, 1.165) is 206 Å². The highest BCUT2D eigenvalue weighted by atomic mass is 15.4. The molecule has 13 rings (SSSR count). The van der Waals surface area contributed by atoms with Crippen molar-refractivity contribution in [3.63, 3.8) is 0 Å². The number of piperidine rings is 4. The van der Waals surface area contributed by atoms with Crippen molar-refractivity contribution in [3.05, 3.63) is 0 Å². The molecule has 0 aromatic rings. The molecule has 1 aliphatic carbocycles. The molecule has 144 heavy (non-hydrogen) atoms. The van der Waals surface area contributed by atoms with Crippen LogP contribution in [0.15, 0.2) is 0 Å². The van der Waals surface area contributed by atoms with Crippen LogP contribution in [0.4, 0.5) is 0 Å². The Morgan fingerprint density at radius 3 is 0.674 bits per heavy atom. The quantitative estimate of drug-likeness (QED) is 0.0496. The molecule has 0 radical (unpaired) electrons. The molecule has 7 atom stereocenters. The maximum absolute atomic E-state index is 3.38. The minimum Gasteiger partial charge on any atom is -0.314 e. The SMILES string of the molecule is C.CC(C)C1CC2CC1CN2C(C)C.CC(C)C1CCCN(C(C)C)C1.CC(C)C1CCN(C(C)C)C1.CC(C)C1CCN(C(C)C)CC1.CC(C)C1CCN(C(C)C)CC1.CC(C)C1CN(C(C)C)C1.CC(C)N1CC2CC1CN2C(C)C.CC(C)N1CC2CN(C(C)C)CC2C1.CC(C)N1CCCN(C(C)C)CC1.CC(C)N1CCN(C(C)C)CC1.CC(C)NCCCNC(C)C.CC(C)NCCNC(C)C. The van der Waals surface area contributed by atoms with Crippen LogP contribution in [0.2, 0.25) is 0 Å². The van der Waals surface area contributed by atoms with Gasteiger partial charge in [-0.25, -0.2) is 0 Å². The average Bonchev–Trinajstić information content (AvgIpc) is 1.63. The van der Waals surface area contributed by atoms with Crippen LogP contribution in [0.25, 0.3) is 0 Å². The molecule has 13 aliphatic rings. The first kappa shape index (κ1) is 141. The lowest BCUT2D eigenvalue weighted by Gasteiger charge is -2.44. The molecule has 0 aromatic carbocycles. The summed E-state index contributed by atoms with van der Waals surface area (Å²) in [5.41, 5.74) is 0. The second kappa shape index (κ2) is 75.2. The second-order valence-corrected chi connectivity index (χ2v) is 54.6. The van der Waals surface area contributed by atoms with Gasteiger partial charge in [-0.1, -0.05) is 146 Å². The van der Waals surface area contributed by atoms with Gasteiger partial charge in [-0.15, -0.1) is 0 Å². The van der Waals surface area contributed by atoms with Gasteiger partial charge in [0.15, 0.2) is 0 Å². The summed E-state index contributed by atoms with van der Waals surface area (Å²) in [5.74, 6) is 14.1. The maximum atomic E-state index is 3.38. The second-order valence-electron chi connectivity index (χ2n) is 54.6. The van der Waals surface area contributed by atoms with Crippen molar-refractivity contribution in [1.82, 2.24) is 89.9 Å². The summed E-state index contributed by atoms with van der Waals surface area (Å²) in [6.07, 6.45) is 16.8. The summed E-state index contributed by atoms with van der Waals surface area (Å²) in [4.78, 5) is 36.6. The van der Waals surface area contributed by atoms with Crippen molar-refractivity contribution >= 4 is 0 Å². The fraction of sp³-hybridized carbons (Fsp3) is 1.00. The Kier molecular flexibility index (Phi) is 73.8. The molecule has 0 amide bonds. The van der Waals surface area contributed by atoms with E-state index < -0.39 is 0 Å². The Balaban J connectivity index is 0.000000786. The van der Waals surface area contributed by atoms with Crippen molar-refractivity contribution in [2.45, 2.75) is 544 Å². The lowest BCUT2D eigenvalue weighted by atomic mass is 9.84. The van der Waals surface area contributed by atoms with Crippen LogP contribution in [0.1, 0.15) is 417 Å². The Morgan fingerprint density at radius 2 is 0.424 bits per heavy atom. The van der Waals surface area contributed by atoms with Gasteiger partial charge in [0, 0.05) is 251 Å². The lowest BCUT2D eigenvalue weighted by molar-refractivity contribution is 0.0408. The lowest BCUT2D eigenvalue weighted by Crippen LogP contribution is -2.51. The van der Waals surface area contributed by atoms with Crippen molar-refractivity contribution in [1.29, 1.82) is 0 Å². The maximum Gasteiger partial charge on any atom is 0.0242 e. The van der Waals surface area contributed by atoms with Gasteiger partial charge in [0.1, 0.15) is 0 Å². The van der Waals surface area contributed by atoms with E-state index in [4.69, 9.17) is 0 Å². The van der Waals surface area contributed by atoms with E-state index in [9.17, 15) is 0 Å². The van der Waals surface area contributed by atoms with Gasteiger partial charge < -0.3 is 55.6 Å². The Hall–Kier alpha value is -0.720. The normalized spacial score (nSPS) is 25.4. The number of fused-ring (bicyclic) bond motifs is 5. The monoisotopic (exact) mass is 2040 g/mol. The van der Waals surface area contributed by atoms with Crippen molar-refractivity contribution in [2.24, 2.45) is 88.8 Å². The van der Waals surface area contributed by atoms with E-state index >= 15 is 0 Å². The van der Waals surface area contributed by atoms with E-state index in [1.165, 1.54) is 241 Å². The molecule has 4 bridgehead atoms. The average molecular weight is 2040 g/mol. The molecule has 0 spiro atoms. The predicted molar refractivity (Wildman–Crippen MR) is 646 cm³/mol. The Morgan fingerprint density at radius 1 is 0.181 bits per heavy atom. The first-order valence-corrected chi connectivity index (χ1v) is 62.1.